The van der Waals surface area contributed by atoms with Gasteiger partial charge < -0.3 is 14.5 Å². The Kier molecular flexibility index (Phi) is 8.54. The molecule has 34 heavy (non-hydrogen) atoms. The maximum atomic E-state index is 13.3. The molecule has 0 radical (unpaired) electrons. The molecule has 2 saturated heterocycles. The molecule has 2 aliphatic rings. The monoisotopic (exact) mass is 546 g/mol. The number of nitrogens with zero attached hydrogens (tertiary/aromatic N) is 2. The van der Waals surface area contributed by atoms with Gasteiger partial charge in [-0.25, -0.2) is 0 Å². The first-order valence-electron chi connectivity index (χ1n) is 12.1. The molecule has 2 amide bonds. The van der Waals surface area contributed by atoms with E-state index in [2.05, 4.69) is 15.9 Å². The lowest BCUT2D eigenvalue weighted by Crippen LogP contribution is -2.51. The number of benzene rings is 2. The predicted octanol–water partition coefficient (Wildman–Crippen LogP) is 5.74. The van der Waals surface area contributed by atoms with Gasteiger partial charge in [-0.1, -0.05) is 45.7 Å². The van der Waals surface area contributed by atoms with Gasteiger partial charge in [-0.15, -0.1) is 0 Å². The van der Waals surface area contributed by atoms with E-state index >= 15 is 0 Å². The van der Waals surface area contributed by atoms with Crippen molar-refractivity contribution >= 4 is 39.3 Å². The van der Waals surface area contributed by atoms with Crippen molar-refractivity contribution in [1.29, 1.82) is 0 Å². The van der Waals surface area contributed by atoms with Crippen LogP contribution in [0.15, 0.2) is 53.0 Å². The lowest BCUT2D eigenvalue weighted by Gasteiger charge is -2.43. The number of hydrogen-bond acceptors (Lipinski definition) is 3. The summed E-state index contributed by atoms with van der Waals surface area (Å²) in [6, 6.07) is 15.1. The standard InChI is InChI=1S/C27H32BrClN2O3/c28-24-8-3-2-7-21(24)17-25(32)31-16-6-13-27(19-31,18-26(33)30-14-4-1-5-15-30)20-34-23-11-9-22(29)10-12-23/h2-3,7-12H,1,4-6,13-20H2. The molecular weight excluding hydrogens is 516 g/mol. The number of carbonyl (C=O) groups is 2. The second-order valence-corrected chi connectivity index (χ2v) is 10.8. The number of hydrogen-bond donors (Lipinski definition) is 0. The van der Waals surface area contributed by atoms with Gasteiger partial charge in [0.05, 0.1) is 13.0 Å². The summed E-state index contributed by atoms with van der Waals surface area (Å²) in [5.74, 6) is 0.998. The summed E-state index contributed by atoms with van der Waals surface area (Å²) < 4.78 is 7.13. The Balaban J connectivity index is 1.49. The Morgan fingerprint density at radius 3 is 2.35 bits per heavy atom. The minimum absolute atomic E-state index is 0.0906. The molecule has 0 N–H and O–H groups in total. The second kappa shape index (κ2) is 11.6. The Hall–Kier alpha value is -2.05. The van der Waals surface area contributed by atoms with Crippen LogP contribution in [0.5, 0.6) is 5.75 Å². The fourth-order valence-electron chi connectivity index (χ4n) is 4.99. The number of likely N-dealkylation sites (tertiary alicyclic amines) is 2. The molecule has 2 aliphatic heterocycles. The number of halogens is 2. The van der Waals surface area contributed by atoms with Gasteiger partial charge >= 0.3 is 0 Å². The Bertz CT molecular complexity index is 994. The van der Waals surface area contributed by atoms with E-state index in [0.29, 0.717) is 37.6 Å². The topological polar surface area (TPSA) is 49.9 Å². The van der Waals surface area contributed by atoms with E-state index in [1.165, 1.54) is 6.42 Å². The Labute approximate surface area is 215 Å². The van der Waals surface area contributed by atoms with E-state index in [4.69, 9.17) is 16.3 Å². The molecule has 1 atom stereocenters. The lowest BCUT2D eigenvalue weighted by molar-refractivity contribution is -0.141. The molecule has 5 nitrogen and oxygen atoms in total. The molecule has 2 aromatic carbocycles. The maximum Gasteiger partial charge on any atom is 0.227 e. The van der Waals surface area contributed by atoms with Crippen LogP contribution in [0, 0.1) is 5.41 Å². The third-order valence-corrected chi connectivity index (χ3v) is 7.93. The first-order chi connectivity index (χ1) is 16.4. The summed E-state index contributed by atoms with van der Waals surface area (Å²) in [6.07, 6.45) is 5.78. The number of amides is 2. The summed E-state index contributed by atoms with van der Waals surface area (Å²) in [5.41, 5.74) is 0.571. The molecule has 0 spiro atoms. The smallest absolute Gasteiger partial charge is 0.227 e. The van der Waals surface area contributed by atoms with Crippen LogP contribution in [0.3, 0.4) is 0 Å². The molecule has 182 valence electrons. The van der Waals surface area contributed by atoms with Gasteiger partial charge in [-0.05, 0) is 68.0 Å². The van der Waals surface area contributed by atoms with Crippen molar-refractivity contribution in [3.8, 4) is 5.75 Å². The summed E-state index contributed by atoms with van der Waals surface area (Å²) in [4.78, 5) is 30.5. The van der Waals surface area contributed by atoms with E-state index in [0.717, 1.165) is 54.6 Å². The third kappa shape index (κ3) is 6.54. The zero-order chi connectivity index (χ0) is 24.0. The van der Waals surface area contributed by atoms with Crippen molar-refractivity contribution in [3.05, 3.63) is 63.6 Å². The highest BCUT2D eigenvalue weighted by molar-refractivity contribution is 9.10. The zero-order valence-corrected chi connectivity index (χ0v) is 21.8. The van der Waals surface area contributed by atoms with Gasteiger partial charge in [0.25, 0.3) is 0 Å². The molecule has 0 saturated carbocycles. The fourth-order valence-corrected chi connectivity index (χ4v) is 5.54. The molecule has 0 aliphatic carbocycles. The van der Waals surface area contributed by atoms with Crippen molar-refractivity contribution in [2.45, 2.75) is 44.9 Å². The molecule has 7 heteroatoms. The molecule has 1 unspecified atom stereocenters. The fraction of sp³-hybridized carbons (Fsp3) is 0.481. The highest BCUT2D eigenvalue weighted by Crippen LogP contribution is 2.36. The first-order valence-corrected chi connectivity index (χ1v) is 13.3. The number of ether oxygens (including phenoxy) is 1. The maximum absolute atomic E-state index is 13.3. The zero-order valence-electron chi connectivity index (χ0n) is 19.5. The second-order valence-electron chi connectivity index (χ2n) is 9.55. The molecule has 0 aromatic heterocycles. The first kappa shape index (κ1) is 25.1. The van der Waals surface area contributed by atoms with E-state index < -0.39 is 5.41 Å². The van der Waals surface area contributed by atoms with Crippen LogP contribution in [-0.2, 0) is 16.0 Å². The molecule has 4 rings (SSSR count). The van der Waals surface area contributed by atoms with E-state index in [1.807, 2.05) is 46.2 Å². The van der Waals surface area contributed by atoms with Gasteiger partial charge in [-0.2, -0.15) is 0 Å². The molecule has 2 fully saturated rings. The number of rotatable bonds is 7. The van der Waals surface area contributed by atoms with Crippen LogP contribution in [-0.4, -0.2) is 54.4 Å². The number of piperidine rings is 2. The van der Waals surface area contributed by atoms with E-state index in [-0.39, 0.29) is 11.8 Å². The van der Waals surface area contributed by atoms with Gasteiger partial charge in [0.15, 0.2) is 0 Å². The third-order valence-electron chi connectivity index (χ3n) is 6.91. The van der Waals surface area contributed by atoms with Crippen LogP contribution >= 0.6 is 27.5 Å². The van der Waals surface area contributed by atoms with Crippen LogP contribution in [0.1, 0.15) is 44.1 Å². The van der Waals surface area contributed by atoms with Crippen LogP contribution in [0.25, 0.3) is 0 Å². The van der Waals surface area contributed by atoms with E-state index in [9.17, 15) is 9.59 Å². The predicted molar refractivity (Wildman–Crippen MR) is 138 cm³/mol. The van der Waals surface area contributed by atoms with Gasteiger partial charge in [-0.3, -0.25) is 9.59 Å². The van der Waals surface area contributed by atoms with Crippen molar-refractivity contribution < 1.29 is 14.3 Å². The van der Waals surface area contributed by atoms with Crippen molar-refractivity contribution in [2.24, 2.45) is 5.41 Å². The minimum Gasteiger partial charge on any atom is -0.493 e. The highest BCUT2D eigenvalue weighted by atomic mass is 79.9. The van der Waals surface area contributed by atoms with Crippen molar-refractivity contribution in [3.63, 3.8) is 0 Å². The average molecular weight is 548 g/mol. The van der Waals surface area contributed by atoms with Gasteiger partial charge in [0.2, 0.25) is 11.8 Å². The highest BCUT2D eigenvalue weighted by Gasteiger charge is 2.41. The summed E-state index contributed by atoms with van der Waals surface area (Å²) in [7, 11) is 0. The SMILES string of the molecule is O=C(CC1(COc2ccc(Cl)cc2)CCCN(C(=O)Cc2ccccc2Br)C1)N1CCCCC1. The molecule has 2 heterocycles. The van der Waals surface area contributed by atoms with Crippen LogP contribution in [0.2, 0.25) is 5.02 Å². The lowest BCUT2D eigenvalue weighted by atomic mass is 9.77. The van der Waals surface area contributed by atoms with E-state index in [1.54, 1.807) is 12.1 Å². The molecule has 2 aromatic rings. The summed E-state index contributed by atoms with van der Waals surface area (Å²) in [5, 5.41) is 0.656. The Morgan fingerprint density at radius 2 is 1.62 bits per heavy atom. The molecule has 0 bridgehead atoms. The molecular formula is C27H32BrClN2O3. The number of carbonyl (C=O) groups excluding carboxylic acids is 2. The average Bonchev–Trinajstić information content (AvgIpc) is 2.86. The quantitative estimate of drug-likeness (QED) is 0.444. The minimum atomic E-state index is -0.407. The van der Waals surface area contributed by atoms with Gasteiger partial charge in [0, 0.05) is 47.5 Å². The van der Waals surface area contributed by atoms with Crippen molar-refractivity contribution in [2.75, 3.05) is 32.8 Å². The summed E-state index contributed by atoms with van der Waals surface area (Å²) in [6.45, 7) is 3.30. The van der Waals surface area contributed by atoms with Gasteiger partial charge in [0.1, 0.15) is 5.75 Å². The largest absolute Gasteiger partial charge is 0.493 e. The normalized spacial score (nSPS) is 20.8. The Morgan fingerprint density at radius 1 is 0.912 bits per heavy atom. The van der Waals surface area contributed by atoms with Crippen molar-refractivity contribution in [1.82, 2.24) is 9.80 Å². The van der Waals surface area contributed by atoms with Crippen LogP contribution in [0.4, 0.5) is 0 Å². The summed E-state index contributed by atoms with van der Waals surface area (Å²) >= 11 is 9.57. The van der Waals surface area contributed by atoms with Crippen LogP contribution < -0.4 is 4.74 Å².